The van der Waals surface area contributed by atoms with Crippen LogP contribution in [-0.2, 0) is 6.42 Å². The number of nitrogens with one attached hydrogen (secondary N) is 1. The smallest absolute Gasteiger partial charge is 0.293 e. The minimum atomic E-state index is -0.284. The van der Waals surface area contributed by atoms with Gasteiger partial charge in [0.2, 0.25) is 0 Å². The molecule has 4 nitrogen and oxygen atoms in total. The van der Waals surface area contributed by atoms with Gasteiger partial charge in [0.05, 0.1) is 12.0 Å². The van der Waals surface area contributed by atoms with E-state index in [1.165, 1.54) is 23.2 Å². The van der Waals surface area contributed by atoms with Gasteiger partial charge < -0.3 is 4.42 Å². The monoisotopic (exact) mass is 376 g/mol. The van der Waals surface area contributed by atoms with Gasteiger partial charge in [-0.15, -0.1) is 11.3 Å². The van der Waals surface area contributed by atoms with Crippen molar-refractivity contribution in [2.45, 2.75) is 13.3 Å². The molecule has 112 valence electrons. The molecule has 3 rings (SSSR count). The molecule has 2 heterocycles. The molecule has 0 spiro atoms. The van der Waals surface area contributed by atoms with E-state index in [4.69, 9.17) is 4.42 Å². The maximum absolute atomic E-state index is 12.0. The summed E-state index contributed by atoms with van der Waals surface area (Å²) in [5, 5.41) is 3.36. The van der Waals surface area contributed by atoms with E-state index in [1.54, 1.807) is 12.1 Å². The maximum atomic E-state index is 12.0. The van der Waals surface area contributed by atoms with Gasteiger partial charge in [0, 0.05) is 15.8 Å². The van der Waals surface area contributed by atoms with Gasteiger partial charge in [0.15, 0.2) is 10.9 Å². The van der Waals surface area contributed by atoms with Crippen molar-refractivity contribution in [1.82, 2.24) is 4.98 Å². The molecular formula is C16H13BrN2O2S. The molecule has 0 saturated heterocycles. The number of anilines is 1. The van der Waals surface area contributed by atoms with E-state index in [1.807, 2.05) is 19.1 Å². The minimum absolute atomic E-state index is 0.279. The highest BCUT2D eigenvalue weighted by atomic mass is 79.9. The Morgan fingerprint density at radius 1 is 1.36 bits per heavy atom. The summed E-state index contributed by atoms with van der Waals surface area (Å²) < 4.78 is 6.13. The maximum Gasteiger partial charge on any atom is 0.293 e. The van der Waals surface area contributed by atoms with Gasteiger partial charge in [0.25, 0.3) is 5.91 Å². The summed E-state index contributed by atoms with van der Waals surface area (Å²) in [4.78, 5) is 17.5. The Morgan fingerprint density at radius 2 is 2.23 bits per heavy atom. The van der Waals surface area contributed by atoms with Gasteiger partial charge in [0.1, 0.15) is 0 Å². The number of nitrogens with zero attached hydrogens (tertiary/aromatic N) is 1. The van der Waals surface area contributed by atoms with Crippen molar-refractivity contribution in [3.8, 4) is 0 Å². The number of benzene rings is 1. The molecule has 1 amide bonds. The summed E-state index contributed by atoms with van der Waals surface area (Å²) in [5.41, 5.74) is 2.13. The lowest BCUT2D eigenvalue weighted by Crippen LogP contribution is -2.10. The predicted octanol–water partition coefficient (Wildman–Crippen LogP) is 4.65. The fourth-order valence-electron chi connectivity index (χ4n) is 2.04. The molecule has 0 saturated carbocycles. The lowest BCUT2D eigenvalue weighted by atomic mass is 10.1. The van der Waals surface area contributed by atoms with Crippen molar-refractivity contribution in [2.24, 2.45) is 0 Å². The van der Waals surface area contributed by atoms with E-state index in [0.717, 1.165) is 21.5 Å². The van der Waals surface area contributed by atoms with Crippen LogP contribution in [0.5, 0.6) is 0 Å². The Hall–Kier alpha value is -1.92. The third-order valence-electron chi connectivity index (χ3n) is 3.11. The van der Waals surface area contributed by atoms with Crippen molar-refractivity contribution in [3.05, 3.63) is 69.0 Å². The van der Waals surface area contributed by atoms with Gasteiger partial charge in [-0.25, -0.2) is 4.98 Å². The number of hydrogen-bond acceptors (Lipinski definition) is 4. The first-order valence-electron chi connectivity index (χ1n) is 6.67. The number of thiazole rings is 1. The van der Waals surface area contributed by atoms with Gasteiger partial charge in [-0.1, -0.05) is 28.1 Å². The molecule has 3 aromatic rings. The highest BCUT2D eigenvalue weighted by Gasteiger charge is 2.13. The van der Waals surface area contributed by atoms with E-state index in [2.05, 4.69) is 38.4 Å². The van der Waals surface area contributed by atoms with E-state index in [-0.39, 0.29) is 11.7 Å². The topological polar surface area (TPSA) is 55.1 Å². The highest BCUT2D eigenvalue weighted by molar-refractivity contribution is 9.10. The Morgan fingerprint density at radius 3 is 2.95 bits per heavy atom. The molecule has 1 aromatic carbocycles. The molecule has 22 heavy (non-hydrogen) atoms. The second kappa shape index (κ2) is 6.46. The van der Waals surface area contributed by atoms with Crippen LogP contribution in [0.1, 0.15) is 26.7 Å². The van der Waals surface area contributed by atoms with Crippen molar-refractivity contribution in [1.29, 1.82) is 0 Å². The molecule has 0 unspecified atom stereocenters. The second-order valence-corrected chi connectivity index (χ2v) is 6.77. The molecule has 0 aliphatic heterocycles. The van der Waals surface area contributed by atoms with E-state index >= 15 is 0 Å². The van der Waals surface area contributed by atoms with Gasteiger partial charge in [-0.2, -0.15) is 0 Å². The molecule has 2 aromatic heterocycles. The van der Waals surface area contributed by atoms with Crippen LogP contribution in [0.25, 0.3) is 0 Å². The van der Waals surface area contributed by atoms with E-state index < -0.39 is 0 Å². The number of aromatic nitrogens is 1. The molecule has 0 fully saturated rings. The Balaban J connectivity index is 1.75. The zero-order valence-electron chi connectivity index (χ0n) is 11.8. The van der Waals surface area contributed by atoms with Gasteiger partial charge >= 0.3 is 0 Å². The number of carbonyl (C=O) groups excluding carboxylic acids is 1. The van der Waals surface area contributed by atoms with Crippen molar-refractivity contribution in [3.63, 3.8) is 0 Å². The number of furan rings is 1. The minimum Gasteiger partial charge on any atom is -0.459 e. The zero-order valence-corrected chi connectivity index (χ0v) is 14.2. The number of rotatable bonds is 4. The Kier molecular flexibility index (Phi) is 4.40. The first-order valence-corrected chi connectivity index (χ1v) is 8.28. The fourth-order valence-corrected chi connectivity index (χ4v) is 3.48. The largest absolute Gasteiger partial charge is 0.459 e. The zero-order chi connectivity index (χ0) is 15.5. The first kappa shape index (κ1) is 15.0. The summed E-state index contributed by atoms with van der Waals surface area (Å²) in [6.45, 7) is 1.95. The second-order valence-electron chi connectivity index (χ2n) is 4.77. The number of amides is 1. The lowest BCUT2D eigenvalue weighted by Gasteiger charge is -2.00. The average molecular weight is 377 g/mol. The van der Waals surface area contributed by atoms with E-state index in [0.29, 0.717) is 5.13 Å². The van der Waals surface area contributed by atoms with Crippen LogP contribution in [0, 0.1) is 6.92 Å². The van der Waals surface area contributed by atoms with Gasteiger partial charge in [-0.05, 0) is 36.8 Å². The Labute approximate surface area is 140 Å². The highest BCUT2D eigenvalue weighted by Crippen LogP contribution is 2.26. The van der Waals surface area contributed by atoms with Crippen LogP contribution in [-0.4, -0.2) is 10.9 Å². The van der Waals surface area contributed by atoms with E-state index in [9.17, 15) is 4.79 Å². The molecule has 0 aliphatic carbocycles. The van der Waals surface area contributed by atoms with Crippen LogP contribution in [0.2, 0.25) is 0 Å². The standard InChI is InChI=1S/C16H13BrN2O2S/c1-10-14(9-11-4-2-5-12(17)8-11)22-16(18-10)19-15(20)13-6-3-7-21-13/h2-8H,9H2,1H3,(H,18,19,20). The molecule has 0 bridgehead atoms. The van der Waals surface area contributed by atoms with Crippen LogP contribution >= 0.6 is 27.3 Å². The third-order valence-corrected chi connectivity index (χ3v) is 4.68. The van der Waals surface area contributed by atoms with Crippen LogP contribution < -0.4 is 5.32 Å². The molecule has 0 aliphatic rings. The quantitative estimate of drug-likeness (QED) is 0.720. The molecule has 0 atom stereocenters. The number of hydrogen-bond donors (Lipinski definition) is 1. The Bertz CT molecular complexity index is 796. The molecule has 0 radical (unpaired) electrons. The fraction of sp³-hybridized carbons (Fsp3) is 0.125. The van der Waals surface area contributed by atoms with Crippen molar-refractivity contribution >= 4 is 38.3 Å². The molecular weight excluding hydrogens is 364 g/mol. The number of halogens is 1. The van der Waals surface area contributed by atoms with Crippen LogP contribution in [0.3, 0.4) is 0 Å². The van der Waals surface area contributed by atoms with Crippen molar-refractivity contribution < 1.29 is 9.21 Å². The SMILES string of the molecule is Cc1nc(NC(=O)c2ccco2)sc1Cc1cccc(Br)c1. The summed E-state index contributed by atoms with van der Waals surface area (Å²) >= 11 is 4.96. The summed E-state index contributed by atoms with van der Waals surface area (Å²) in [5.74, 6) is -0.00542. The summed E-state index contributed by atoms with van der Waals surface area (Å²) in [6.07, 6.45) is 2.26. The number of carbonyl (C=O) groups is 1. The molecule has 6 heteroatoms. The third kappa shape index (κ3) is 3.45. The van der Waals surface area contributed by atoms with Crippen molar-refractivity contribution in [2.75, 3.05) is 5.32 Å². The van der Waals surface area contributed by atoms with Crippen LogP contribution in [0.4, 0.5) is 5.13 Å². The normalized spacial score (nSPS) is 10.6. The lowest BCUT2D eigenvalue weighted by molar-refractivity contribution is 0.0996. The van der Waals surface area contributed by atoms with Crippen LogP contribution in [0.15, 0.2) is 51.6 Å². The summed E-state index contributed by atoms with van der Waals surface area (Å²) in [7, 11) is 0. The number of aryl methyl sites for hydroxylation is 1. The first-order chi connectivity index (χ1) is 10.6. The van der Waals surface area contributed by atoms with Gasteiger partial charge in [-0.3, -0.25) is 10.1 Å². The average Bonchev–Trinajstić information content (AvgIpc) is 3.10. The predicted molar refractivity (Wildman–Crippen MR) is 90.5 cm³/mol. The summed E-state index contributed by atoms with van der Waals surface area (Å²) in [6, 6.07) is 11.5. The molecule has 1 N–H and O–H groups in total.